The van der Waals surface area contributed by atoms with Crippen LogP contribution >= 0.6 is 11.6 Å². The Balaban J connectivity index is 1.71. The van der Waals surface area contributed by atoms with Crippen molar-refractivity contribution < 1.29 is 18.4 Å². The van der Waals surface area contributed by atoms with Crippen LogP contribution in [0.1, 0.15) is 12.8 Å². The minimum atomic E-state index is -1.24. The summed E-state index contributed by atoms with van der Waals surface area (Å²) in [5.41, 5.74) is -0.885. The van der Waals surface area contributed by atoms with Crippen LogP contribution in [0.5, 0.6) is 0 Å². The number of hydrogen-bond donors (Lipinski definition) is 2. The Kier molecular flexibility index (Phi) is 4.24. The largest absolute Gasteiger partial charge is 0.325 e. The van der Waals surface area contributed by atoms with Crippen molar-refractivity contribution >= 4 is 34.8 Å². The molecule has 1 aliphatic carbocycles. The predicted octanol–water partition coefficient (Wildman–Crippen LogP) is 3.98. The Morgan fingerprint density at radius 1 is 0.958 bits per heavy atom. The number of rotatable bonds is 4. The number of halogens is 3. The maximum atomic E-state index is 13.6. The van der Waals surface area contributed by atoms with Crippen LogP contribution in [0.15, 0.2) is 42.5 Å². The summed E-state index contributed by atoms with van der Waals surface area (Å²) >= 11 is 5.78. The number of amides is 2. The Bertz CT molecular complexity index is 805. The van der Waals surface area contributed by atoms with Crippen LogP contribution in [0, 0.1) is 17.0 Å². The molecule has 0 aliphatic heterocycles. The third kappa shape index (κ3) is 3.23. The topological polar surface area (TPSA) is 58.2 Å². The molecule has 0 aromatic heterocycles. The lowest BCUT2D eigenvalue weighted by Gasteiger charge is -2.16. The van der Waals surface area contributed by atoms with Gasteiger partial charge in [0.05, 0.1) is 5.69 Å². The monoisotopic (exact) mass is 350 g/mol. The highest BCUT2D eigenvalue weighted by molar-refractivity contribution is 6.30. The summed E-state index contributed by atoms with van der Waals surface area (Å²) < 4.78 is 26.5. The first-order chi connectivity index (χ1) is 11.4. The molecule has 0 unspecified atom stereocenters. The second kappa shape index (κ2) is 6.20. The second-order valence-corrected chi connectivity index (χ2v) is 6.06. The van der Waals surface area contributed by atoms with E-state index in [4.69, 9.17) is 11.6 Å². The maximum absolute atomic E-state index is 13.6. The number of hydrogen-bond acceptors (Lipinski definition) is 2. The average Bonchev–Trinajstić information content (AvgIpc) is 3.34. The molecular formula is C17H13ClF2N2O2. The van der Waals surface area contributed by atoms with E-state index in [1.807, 2.05) is 0 Å². The molecular weight excluding hydrogens is 338 g/mol. The fourth-order valence-electron chi connectivity index (χ4n) is 2.30. The van der Waals surface area contributed by atoms with Gasteiger partial charge in [0.25, 0.3) is 0 Å². The Morgan fingerprint density at radius 3 is 2.17 bits per heavy atom. The normalized spacial score (nSPS) is 14.8. The molecule has 2 amide bonds. The molecule has 1 saturated carbocycles. The Labute approximate surface area is 141 Å². The van der Waals surface area contributed by atoms with Crippen LogP contribution in [0.2, 0.25) is 5.02 Å². The summed E-state index contributed by atoms with van der Waals surface area (Å²) in [5.74, 6) is -2.71. The highest BCUT2D eigenvalue weighted by atomic mass is 35.5. The van der Waals surface area contributed by atoms with Gasteiger partial charge in [0, 0.05) is 16.8 Å². The lowest BCUT2D eigenvalue weighted by Crippen LogP contribution is -2.35. The van der Waals surface area contributed by atoms with Crippen LogP contribution in [-0.2, 0) is 9.59 Å². The molecule has 4 nitrogen and oxygen atoms in total. The van der Waals surface area contributed by atoms with E-state index in [1.165, 1.54) is 0 Å². The van der Waals surface area contributed by atoms with Crippen molar-refractivity contribution in [3.63, 3.8) is 0 Å². The van der Waals surface area contributed by atoms with Gasteiger partial charge in [0.2, 0.25) is 11.8 Å². The van der Waals surface area contributed by atoms with Gasteiger partial charge in [-0.05, 0) is 49.2 Å². The molecule has 0 bridgehead atoms. The molecule has 24 heavy (non-hydrogen) atoms. The molecule has 2 N–H and O–H groups in total. The standard InChI is InChI=1S/C17H13ClF2N2O2/c18-10-1-4-12(5-2-10)21-15(23)17(7-8-17)16(24)22-14-6-3-11(19)9-13(14)20/h1-6,9H,7-8H2,(H,21,23)(H,22,24). The zero-order valence-corrected chi connectivity index (χ0v) is 13.2. The number of nitrogens with one attached hydrogen (secondary N) is 2. The van der Waals surface area contributed by atoms with E-state index in [9.17, 15) is 18.4 Å². The van der Waals surface area contributed by atoms with Gasteiger partial charge in [0.1, 0.15) is 17.0 Å². The summed E-state index contributed by atoms with van der Waals surface area (Å²) in [6.07, 6.45) is 0.724. The zero-order chi connectivity index (χ0) is 17.3. The van der Waals surface area contributed by atoms with E-state index in [0.29, 0.717) is 29.6 Å². The number of benzene rings is 2. The van der Waals surface area contributed by atoms with Crippen LogP contribution in [0.3, 0.4) is 0 Å². The molecule has 2 aromatic carbocycles. The minimum Gasteiger partial charge on any atom is -0.325 e. The van der Waals surface area contributed by atoms with Crippen LogP contribution < -0.4 is 10.6 Å². The fourth-order valence-corrected chi connectivity index (χ4v) is 2.42. The maximum Gasteiger partial charge on any atom is 0.240 e. The summed E-state index contributed by atoms with van der Waals surface area (Å²) in [5, 5.41) is 5.53. The third-order valence-corrected chi connectivity index (χ3v) is 4.15. The van der Waals surface area contributed by atoms with Gasteiger partial charge in [-0.2, -0.15) is 0 Å². The molecule has 2 aromatic rings. The second-order valence-electron chi connectivity index (χ2n) is 5.62. The van der Waals surface area contributed by atoms with Crippen molar-refractivity contribution in [2.45, 2.75) is 12.8 Å². The SMILES string of the molecule is O=C(Nc1ccc(Cl)cc1)C1(C(=O)Nc2ccc(F)cc2F)CC1. The molecule has 0 heterocycles. The van der Waals surface area contributed by atoms with Gasteiger partial charge in [0.15, 0.2) is 0 Å². The van der Waals surface area contributed by atoms with Gasteiger partial charge in [-0.25, -0.2) is 8.78 Å². The number of anilines is 2. The molecule has 0 radical (unpaired) electrons. The van der Waals surface area contributed by atoms with Gasteiger partial charge < -0.3 is 10.6 Å². The minimum absolute atomic E-state index is 0.160. The fraction of sp³-hybridized carbons (Fsp3) is 0.176. The molecule has 3 rings (SSSR count). The molecule has 0 atom stereocenters. The van der Waals surface area contributed by atoms with Crippen LogP contribution in [0.25, 0.3) is 0 Å². The summed E-state index contributed by atoms with van der Waals surface area (Å²) in [7, 11) is 0. The Morgan fingerprint density at radius 2 is 1.58 bits per heavy atom. The van der Waals surface area contributed by atoms with Gasteiger partial charge in [-0.3, -0.25) is 9.59 Å². The molecule has 7 heteroatoms. The molecule has 0 spiro atoms. The van der Waals surface area contributed by atoms with Crippen molar-refractivity contribution in [2.75, 3.05) is 10.6 Å². The predicted molar refractivity (Wildman–Crippen MR) is 86.7 cm³/mol. The number of carbonyl (C=O) groups excluding carboxylic acids is 2. The molecule has 124 valence electrons. The summed E-state index contributed by atoms with van der Waals surface area (Å²) in [6.45, 7) is 0. The first kappa shape index (κ1) is 16.4. The van der Waals surface area contributed by atoms with Crippen molar-refractivity contribution in [3.8, 4) is 0 Å². The third-order valence-electron chi connectivity index (χ3n) is 3.90. The van der Waals surface area contributed by atoms with Crippen LogP contribution in [-0.4, -0.2) is 11.8 Å². The van der Waals surface area contributed by atoms with E-state index < -0.39 is 28.9 Å². The highest BCUT2D eigenvalue weighted by Crippen LogP contribution is 2.47. The molecule has 1 fully saturated rings. The first-order valence-electron chi connectivity index (χ1n) is 7.24. The van der Waals surface area contributed by atoms with Gasteiger partial charge in [-0.1, -0.05) is 11.6 Å². The van der Waals surface area contributed by atoms with E-state index in [0.717, 1.165) is 12.1 Å². The summed E-state index contributed by atoms with van der Waals surface area (Å²) in [6, 6.07) is 9.29. The quantitative estimate of drug-likeness (QED) is 0.819. The zero-order valence-electron chi connectivity index (χ0n) is 12.4. The van der Waals surface area contributed by atoms with Crippen molar-refractivity contribution in [1.29, 1.82) is 0 Å². The van der Waals surface area contributed by atoms with Crippen LogP contribution in [0.4, 0.5) is 20.2 Å². The molecule has 1 aliphatic rings. The Hall–Kier alpha value is -2.47. The molecule has 0 saturated heterocycles. The number of carbonyl (C=O) groups is 2. The van der Waals surface area contributed by atoms with E-state index in [2.05, 4.69) is 10.6 Å². The van der Waals surface area contributed by atoms with E-state index in [-0.39, 0.29) is 5.69 Å². The lowest BCUT2D eigenvalue weighted by molar-refractivity contribution is -0.131. The smallest absolute Gasteiger partial charge is 0.240 e. The van der Waals surface area contributed by atoms with Crippen molar-refractivity contribution in [3.05, 3.63) is 59.1 Å². The van der Waals surface area contributed by atoms with Crippen molar-refractivity contribution in [2.24, 2.45) is 5.41 Å². The van der Waals surface area contributed by atoms with Gasteiger partial charge in [-0.15, -0.1) is 0 Å². The highest BCUT2D eigenvalue weighted by Gasteiger charge is 2.56. The average molecular weight is 351 g/mol. The first-order valence-corrected chi connectivity index (χ1v) is 7.62. The van der Waals surface area contributed by atoms with E-state index in [1.54, 1.807) is 24.3 Å². The van der Waals surface area contributed by atoms with Gasteiger partial charge >= 0.3 is 0 Å². The van der Waals surface area contributed by atoms with E-state index >= 15 is 0 Å². The van der Waals surface area contributed by atoms with Crippen molar-refractivity contribution in [1.82, 2.24) is 0 Å². The lowest BCUT2D eigenvalue weighted by atomic mass is 10.0. The summed E-state index contributed by atoms with van der Waals surface area (Å²) in [4.78, 5) is 24.8.